The Labute approximate surface area is 327 Å². The standard InChI is InChI=1S/C44H71ClN4O4/c1-4-5-6-7-8-9-10-11-12-13-14-15-18-21-42-47-41(36-37-22-26-39(27-23-37)48(2)3)44(51)49(42)40-28-24-38(25-29-40)43(50)46-31-33-53-35-34-52-32-20-17-16-19-30-45/h18,21-23,26-27,36,38,40H,4-17,19-20,24-25,28-35H2,1-3H3,(H,46,50)/b21-18+,41-36-. The number of aliphatic imine (C=N–C) groups is 1. The number of carbonyl (C=O) groups is 2. The predicted octanol–water partition coefficient (Wildman–Crippen LogP) is 10.1. The van der Waals surface area contributed by atoms with E-state index in [2.05, 4.69) is 41.4 Å². The van der Waals surface area contributed by atoms with Crippen molar-refractivity contribution < 1.29 is 19.1 Å². The maximum Gasteiger partial charge on any atom is 0.278 e. The zero-order valence-electron chi connectivity index (χ0n) is 33.4. The normalized spacial score (nSPS) is 18.3. The van der Waals surface area contributed by atoms with Crippen molar-refractivity contribution in [2.24, 2.45) is 10.9 Å². The maximum atomic E-state index is 13.9. The van der Waals surface area contributed by atoms with Gasteiger partial charge in [0.05, 0.1) is 19.8 Å². The lowest BCUT2D eigenvalue weighted by Crippen LogP contribution is -2.44. The molecule has 1 N–H and O–H groups in total. The monoisotopic (exact) mass is 755 g/mol. The molecule has 3 rings (SSSR count). The molecule has 9 heteroatoms. The van der Waals surface area contributed by atoms with Crippen LogP contribution < -0.4 is 10.2 Å². The number of nitrogens with one attached hydrogen (secondary N) is 1. The van der Waals surface area contributed by atoms with Crippen LogP contribution in [0, 0.1) is 5.92 Å². The first-order valence-corrected chi connectivity index (χ1v) is 21.5. The van der Waals surface area contributed by atoms with E-state index in [1.807, 2.05) is 37.2 Å². The molecule has 8 nitrogen and oxygen atoms in total. The second-order valence-electron chi connectivity index (χ2n) is 15.0. The quantitative estimate of drug-likeness (QED) is 0.0500. The molecule has 1 aliphatic carbocycles. The van der Waals surface area contributed by atoms with E-state index in [1.54, 1.807) is 0 Å². The summed E-state index contributed by atoms with van der Waals surface area (Å²) in [6.45, 7) is 5.09. The molecule has 2 aliphatic rings. The number of amidine groups is 1. The summed E-state index contributed by atoms with van der Waals surface area (Å²) in [4.78, 5) is 35.7. The molecule has 0 saturated heterocycles. The van der Waals surface area contributed by atoms with Gasteiger partial charge in [0.15, 0.2) is 0 Å². The number of carbonyl (C=O) groups excluding carboxylic acids is 2. The van der Waals surface area contributed by atoms with Gasteiger partial charge in [-0.05, 0) is 81.2 Å². The highest BCUT2D eigenvalue weighted by Crippen LogP contribution is 2.32. The molecule has 53 heavy (non-hydrogen) atoms. The Balaban J connectivity index is 1.44. The van der Waals surface area contributed by atoms with Crippen LogP contribution in [0.25, 0.3) is 6.08 Å². The Hall–Kier alpha value is -2.68. The first-order chi connectivity index (χ1) is 25.9. The molecule has 0 unspecified atom stereocenters. The third kappa shape index (κ3) is 18.0. The molecule has 1 aromatic carbocycles. The molecular weight excluding hydrogens is 684 g/mol. The molecule has 1 aromatic rings. The maximum absolute atomic E-state index is 13.9. The van der Waals surface area contributed by atoms with Gasteiger partial charge in [0.25, 0.3) is 5.91 Å². The average molecular weight is 756 g/mol. The van der Waals surface area contributed by atoms with E-state index in [9.17, 15) is 9.59 Å². The van der Waals surface area contributed by atoms with Crippen molar-refractivity contribution in [1.29, 1.82) is 0 Å². The van der Waals surface area contributed by atoms with Gasteiger partial charge in [0.2, 0.25) is 5.91 Å². The van der Waals surface area contributed by atoms with Crippen LogP contribution in [-0.2, 0) is 19.1 Å². The van der Waals surface area contributed by atoms with Crippen LogP contribution in [0.15, 0.2) is 47.1 Å². The number of ether oxygens (including phenoxy) is 2. The summed E-state index contributed by atoms with van der Waals surface area (Å²) in [6.07, 6.45) is 29.2. The largest absolute Gasteiger partial charge is 0.379 e. The van der Waals surface area contributed by atoms with E-state index in [0.717, 1.165) is 93.8 Å². The Bertz CT molecular complexity index is 1240. The summed E-state index contributed by atoms with van der Waals surface area (Å²) in [5, 5.41) is 3.06. The molecular formula is C44H71ClN4O4. The van der Waals surface area contributed by atoms with Crippen LogP contribution in [-0.4, -0.2) is 81.5 Å². The molecule has 0 aromatic heterocycles. The van der Waals surface area contributed by atoms with Gasteiger partial charge in [-0.3, -0.25) is 14.5 Å². The smallest absolute Gasteiger partial charge is 0.278 e. The molecule has 1 saturated carbocycles. The molecule has 298 valence electrons. The first kappa shape index (κ1) is 44.7. The second-order valence-corrected chi connectivity index (χ2v) is 15.4. The molecule has 0 radical (unpaired) electrons. The summed E-state index contributed by atoms with van der Waals surface area (Å²) in [5.41, 5.74) is 2.55. The highest BCUT2D eigenvalue weighted by molar-refractivity contribution is 6.18. The minimum Gasteiger partial charge on any atom is -0.379 e. The van der Waals surface area contributed by atoms with E-state index >= 15 is 0 Å². The van der Waals surface area contributed by atoms with E-state index in [0.29, 0.717) is 32.1 Å². The number of nitrogens with zero attached hydrogens (tertiary/aromatic N) is 3. The minimum atomic E-state index is -0.0479. The highest BCUT2D eigenvalue weighted by Gasteiger charge is 2.37. The van der Waals surface area contributed by atoms with Crippen molar-refractivity contribution in [3.05, 3.63) is 47.7 Å². The Kier molecular flexibility index (Phi) is 23.5. The number of halogens is 1. The number of allylic oxidation sites excluding steroid dienone is 1. The van der Waals surface area contributed by atoms with Gasteiger partial charge >= 0.3 is 0 Å². The summed E-state index contributed by atoms with van der Waals surface area (Å²) in [5.74, 6) is 1.45. The summed E-state index contributed by atoms with van der Waals surface area (Å²) >= 11 is 5.71. The van der Waals surface area contributed by atoms with Gasteiger partial charge in [0.1, 0.15) is 11.5 Å². The van der Waals surface area contributed by atoms with Crippen LogP contribution in [0.5, 0.6) is 0 Å². The number of unbranched alkanes of at least 4 members (excludes halogenated alkanes) is 14. The van der Waals surface area contributed by atoms with Crippen molar-refractivity contribution in [3.8, 4) is 0 Å². The van der Waals surface area contributed by atoms with Crippen LogP contribution in [0.2, 0.25) is 0 Å². The number of hydrogen-bond donors (Lipinski definition) is 1. The van der Waals surface area contributed by atoms with Gasteiger partial charge in [-0.25, -0.2) is 4.99 Å². The van der Waals surface area contributed by atoms with Crippen molar-refractivity contribution in [1.82, 2.24) is 10.2 Å². The summed E-state index contributed by atoms with van der Waals surface area (Å²) < 4.78 is 11.3. The molecule has 2 amide bonds. The lowest BCUT2D eigenvalue weighted by molar-refractivity contribution is -0.127. The van der Waals surface area contributed by atoms with Crippen LogP contribution >= 0.6 is 11.6 Å². The van der Waals surface area contributed by atoms with Crippen molar-refractivity contribution in [3.63, 3.8) is 0 Å². The van der Waals surface area contributed by atoms with Gasteiger partial charge in [0, 0.05) is 50.8 Å². The lowest BCUT2D eigenvalue weighted by Gasteiger charge is -2.34. The zero-order valence-corrected chi connectivity index (χ0v) is 34.2. The highest BCUT2D eigenvalue weighted by atomic mass is 35.5. The molecule has 0 bridgehead atoms. The van der Waals surface area contributed by atoms with E-state index in [1.165, 1.54) is 64.2 Å². The van der Waals surface area contributed by atoms with Crippen molar-refractivity contribution >= 4 is 41.0 Å². The minimum absolute atomic E-state index is 0.0302. The Morgan fingerprint density at radius 2 is 1.43 bits per heavy atom. The topological polar surface area (TPSA) is 83.5 Å². The van der Waals surface area contributed by atoms with Gasteiger partial charge in [-0.15, -0.1) is 11.6 Å². The van der Waals surface area contributed by atoms with E-state index < -0.39 is 0 Å². The Morgan fingerprint density at radius 3 is 2.08 bits per heavy atom. The van der Waals surface area contributed by atoms with Gasteiger partial charge < -0.3 is 19.7 Å². The molecule has 0 spiro atoms. The second kappa shape index (κ2) is 27.8. The van der Waals surface area contributed by atoms with Crippen molar-refractivity contribution in [2.75, 3.05) is 57.8 Å². The third-order valence-corrected chi connectivity index (χ3v) is 10.7. The fourth-order valence-corrected chi connectivity index (χ4v) is 7.31. The Morgan fingerprint density at radius 1 is 0.830 bits per heavy atom. The number of rotatable bonds is 29. The fourth-order valence-electron chi connectivity index (χ4n) is 7.12. The van der Waals surface area contributed by atoms with Crippen LogP contribution in [0.4, 0.5) is 5.69 Å². The van der Waals surface area contributed by atoms with E-state index in [4.69, 9.17) is 26.1 Å². The van der Waals surface area contributed by atoms with Gasteiger partial charge in [-0.2, -0.15) is 0 Å². The molecule has 0 atom stereocenters. The van der Waals surface area contributed by atoms with Crippen molar-refractivity contribution in [2.45, 2.75) is 141 Å². The zero-order chi connectivity index (χ0) is 37.9. The number of alkyl halides is 1. The number of anilines is 1. The van der Waals surface area contributed by atoms with E-state index in [-0.39, 0.29) is 23.8 Å². The lowest BCUT2D eigenvalue weighted by atomic mass is 9.84. The van der Waals surface area contributed by atoms with Crippen LogP contribution in [0.1, 0.15) is 141 Å². The molecule has 1 aliphatic heterocycles. The summed E-state index contributed by atoms with van der Waals surface area (Å²) in [7, 11) is 4.04. The molecule has 1 fully saturated rings. The fraction of sp³-hybridized carbons (Fsp3) is 0.705. The first-order valence-electron chi connectivity index (χ1n) is 21.0. The number of hydrogen-bond acceptors (Lipinski definition) is 6. The average Bonchev–Trinajstić information content (AvgIpc) is 3.47. The third-order valence-electron chi connectivity index (χ3n) is 10.4. The predicted molar refractivity (Wildman–Crippen MR) is 223 cm³/mol. The van der Waals surface area contributed by atoms with Gasteiger partial charge in [-0.1, -0.05) is 102 Å². The SMILES string of the molecule is CCCCCCCCCCCCC/C=C/C1=NC(=C\c2ccc(N(C)C)cc2)/C(=O)N1C1CCC(C(=O)NCCOCCOCCCCCCCl)CC1. The summed E-state index contributed by atoms with van der Waals surface area (Å²) in [6, 6.07) is 8.21. The van der Waals surface area contributed by atoms with Crippen LogP contribution in [0.3, 0.4) is 0 Å². The number of amides is 2. The number of benzene rings is 1. The molecule has 1 heterocycles.